The molecule has 0 atom stereocenters. The van der Waals surface area contributed by atoms with Crippen molar-refractivity contribution in [3.8, 4) is 0 Å². The van der Waals surface area contributed by atoms with E-state index in [9.17, 15) is 0 Å². The van der Waals surface area contributed by atoms with Crippen molar-refractivity contribution in [2.24, 2.45) is 0 Å². The molecule has 86 valence electrons. The average molecular weight is 320 g/mol. The van der Waals surface area contributed by atoms with E-state index >= 15 is 0 Å². The Kier molecular flexibility index (Phi) is 14.0. The predicted octanol–water partition coefficient (Wildman–Crippen LogP) is 4.27. The normalized spacial score (nSPS) is 7.82. The maximum atomic E-state index is 3.79. The van der Waals surface area contributed by atoms with Gasteiger partial charge in [-0.25, -0.2) is 0 Å². The van der Waals surface area contributed by atoms with Crippen LogP contribution in [-0.4, -0.2) is 29.3 Å². The zero-order chi connectivity index (χ0) is 10.9. The molecule has 0 saturated heterocycles. The molecule has 0 amide bonds. The van der Waals surface area contributed by atoms with Crippen molar-refractivity contribution in [3.05, 3.63) is 73.2 Å². The predicted molar refractivity (Wildman–Crippen MR) is 84.0 cm³/mol. The molecule has 0 aromatic heterocycles. The van der Waals surface area contributed by atoms with E-state index in [1.54, 1.807) is 11.8 Å². The molecule has 0 bridgehead atoms. The second-order valence-corrected chi connectivity index (χ2v) is 3.81. The maximum absolute atomic E-state index is 3.79. The third kappa shape index (κ3) is 9.59. The van der Waals surface area contributed by atoms with Gasteiger partial charge >= 0.3 is 23.1 Å². The van der Waals surface area contributed by atoms with Gasteiger partial charge in [-0.1, -0.05) is 0 Å². The molecule has 0 radical (unpaired) electrons. The molecule has 0 saturated carbocycles. The van der Waals surface area contributed by atoms with Crippen LogP contribution in [0.3, 0.4) is 0 Å². The van der Waals surface area contributed by atoms with Crippen molar-refractivity contribution in [3.63, 3.8) is 0 Å². The summed E-state index contributed by atoms with van der Waals surface area (Å²) in [6, 6.07) is 20.7. The van der Waals surface area contributed by atoms with Crippen LogP contribution in [0.25, 0.3) is 0 Å². The Labute approximate surface area is 135 Å². The summed E-state index contributed by atoms with van der Waals surface area (Å²) < 4.78 is 0. The van der Waals surface area contributed by atoms with Gasteiger partial charge in [-0.05, 0) is 11.2 Å². The van der Waals surface area contributed by atoms with Crippen LogP contribution in [0.2, 0.25) is 0 Å². The van der Waals surface area contributed by atoms with Crippen LogP contribution in [-0.2, 0) is 0 Å². The second kappa shape index (κ2) is 12.4. The third-order valence-corrected chi connectivity index (χ3v) is 2.51. The van der Waals surface area contributed by atoms with Gasteiger partial charge in [-0.2, -0.15) is 61.0 Å². The monoisotopic (exact) mass is 318 g/mol. The summed E-state index contributed by atoms with van der Waals surface area (Å²) in [6.07, 6.45) is 2.07. The first-order chi connectivity index (χ1) is 7.33. The van der Waals surface area contributed by atoms with Gasteiger partial charge in [-0.15, -0.1) is 40.9 Å². The second-order valence-electron chi connectivity index (χ2n) is 2.93. The first-order valence-electron chi connectivity index (χ1n) is 4.70. The number of halogens is 1. The molecule has 0 nitrogen and oxygen atoms in total. The van der Waals surface area contributed by atoms with E-state index in [0.717, 1.165) is 5.56 Å². The van der Waals surface area contributed by atoms with Gasteiger partial charge < -0.3 is 0 Å². The van der Waals surface area contributed by atoms with Gasteiger partial charge in [0.05, 0.1) is 0 Å². The molecule has 0 spiro atoms. The first kappa shape index (κ1) is 19.3. The minimum absolute atomic E-state index is 0. The summed E-state index contributed by atoms with van der Waals surface area (Å²) in [5.41, 5.74) is 1.08. The maximum Gasteiger partial charge on any atom is 2.00 e. The van der Waals surface area contributed by atoms with Crippen molar-refractivity contribution < 1.29 is 0 Å². The van der Waals surface area contributed by atoms with Crippen LogP contribution in [0, 0.1) is 13.0 Å². The quantitative estimate of drug-likeness (QED) is 0.430. The fourth-order valence-electron chi connectivity index (χ4n) is 0.967. The molecule has 0 aliphatic rings. The van der Waals surface area contributed by atoms with Gasteiger partial charge in [0.15, 0.2) is 0 Å². The molecule has 2 rings (SSSR count). The molecule has 0 N–H and O–H groups in total. The zero-order valence-electron chi connectivity index (χ0n) is 9.93. The van der Waals surface area contributed by atoms with Crippen LogP contribution in [0.4, 0.5) is 0 Å². The Hall–Kier alpha value is -0.0938. The molecule has 0 heterocycles. The van der Waals surface area contributed by atoms with Crippen LogP contribution in [0.5, 0.6) is 0 Å². The molecule has 0 aliphatic carbocycles. The summed E-state index contributed by atoms with van der Waals surface area (Å²) in [4.78, 5) is 1.29. The first-order valence-corrected chi connectivity index (χ1v) is 5.92. The molecular formula is C14H15BrMgS. The number of benzene rings is 2. The van der Waals surface area contributed by atoms with Gasteiger partial charge in [0.1, 0.15) is 0 Å². The number of hydrogen-bond donors (Lipinski definition) is 0. The van der Waals surface area contributed by atoms with E-state index < -0.39 is 0 Å². The largest absolute Gasteiger partial charge is 2.00 e. The van der Waals surface area contributed by atoms with Gasteiger partial charge in [0, 0.05) is 0 Å². The van der Waals surface area contributed by atoms with Gasteiger partial charge in [0.2, 0.25) is 0 Å². The summed E-state index contributed by atoms with van der Waals surface area (Å²) in [7, 11) is 0. The van der Waals surface area contributed by atoms with Crippen LogP contribution < -0.4 is 0 Å². The summed E-state index contributed by atoms with van der Waals surface area (Å²) in [6.45, 7) is 3.79. The fourth-order valence-corrected chi connectivity index (χ4v) is 1.38. The van der Waals surface area contributed by atoms with E-state index in [2.05, 4.69) is 31.4 Å². The third-order valence-electron chi connectivity index (χ3n) is 1.77. The molecule has 2 aromatic carbocycles. The summed E-state index contributed by atoms with van der Waals surface area (Å²) in [5, 5.41) is 0. The van der Waals surface area contributed by atoms with Gasteiger partial charge in [0.25, 0.3) is 0 Å². The van der Waals surface area contributed by atoms with Crippen LogP contribution in [0.15, 0.2) is 59.5 Å². The van der Waals surface area contributed by atoms with E-state index in [4.69, 9.17) is 0 Å². The van der Waals surface area contributed by atoms with Crippen LogP contribution >= 0.6 is 28.7 Å². The molecule has 2 aromatic rings. The smallest absolute Gasteiger partial charge is 0.199 e. The number of rotatable bonds is 1. The zero-order valence-corrected chi connectivity index (χ0v) is 13.9. The SMILES string of the molecule is Br.[CH2-]c1ccc(SC)cc1.[Mg+2].[c-]1ccccc1. The Bertz CT molecular complexity index is 335. The molecule has 0 unspecified atom stereocenters. The Balaban J connectivity index is 0. The van der Waals surface area contributed by atoms with Crippen LogP contribution in [0.1, 0.15) is 5.56 Å². The molecular weight excluding hydrogens is 304 g/mol. The summed E-state index contributed by atoms with van der Waals surface area (Å²) in [5.74, 6) is 0. The van der Waals surface area contributed by atoms with Crippen molar-refractivity contribution in [2.75, 3.05) is 6.26 Å². The van der Waals surface area contributed by atoms with E-state index in [1.165, 1.54) is 4.90 Å². The number of hydrogen-bond acceptors (Lipinski definition) is 1. The molecule has 3 heteroatoms. The van der Waals surface area contributed by atoms with Crippen molar-refractivity contribution in [1.82, 2.24) is 0 Å². The van der Waals surface area contributed by atoms with Crippen molar-refractivity contribution in [1.29, 1.82) is 0 Å². The van der Waals surface area contributed by atoms with E-state index in [0.29, 0.717) is 0 Å². The number of thioether (sulfide) groups is 1. The Morgan fingerprint density at radius 2 is 1.53 bits per heavy atom. The van der Waals surface area contributed by atoms with Crippen molar-refractivity contribution >= 4 is 51.8 Å². The minimum Gasteiger partial charge on any atom is -0.199 e. The minimum atomic E-state index is 0. The van der Waals surface area contributed by atoms with Gasteiger partial charge in [-0.3, -0.25) is 0 Å². The van der Waals surface area contributed by atoms with Crippen molar-refractivity contribution in [2.45, 2.75) is 4.90 Å². The van der Waals surface area contributed by atoms with E-state index in [1.807, 2.05) is 42.5 Å². The summed E-state index contributed by atoms with van der Waals surface area (Å²) >= 11 is 1.75. The topological polar surface area (TPSA) is 0 Å². The standard InChI is InChI=1S/C8H9S.C6H5.BrH.Mg/c1-7-3-5-8(9-2)6-4-7;1-2-4-6-5-3-1;;/h3-6H,1H2,2H3;1-5H;1H;/q2*-1;;+2. The molecule has 0 aliphatic heterocycles. The molecule has 17 heavy (non-hydrogen) atoms. The van der Waals surface area contributed by atoms with E-state index in [-0.39, 0.29) is 40.0 Å². The Morgan fingerprint density at radius 1 is 1.00 bits per heavy atom. The fraction of sp³-hybridized carbons (Fsp3) is 0.0714. The molecule has 0 fully saturated rings. The average Bonchev–Trinajstić information content (AvgIpc) is 2.33. The Morgan fingerprint density at radius 3 is 1.82 bits per heavy atom.